The lowest BCUT2D eigenvalue weighted by molar-refractivity contribution is 0.0516. The van der Waals surface area contributed by atoms with Crippen molar-refractivity contribution in [1.82, 2.24) is 5.32 Å². The number of rotatable bonds is 4. The quantitative estimate of drug-likeness (QED) is 0.789. The van der Waals surface area contributed by atoms with Crippen molar-refractivity contribution in [2.24, 2.45) is 5.73 Å². The molecule has 1 rings (SSSR count). The Labute approximate surface area is 120 Å². The molecule has 0 aromatic heterocycles. The summed E-state index contributed by atoms with van der Waals surface area (Å²) in [6.07, 6.45) is -0.475. The molecule has 0 saturated heterocycles. The lowest BCUT2D eigenvalue weighted by atomic mass is 9.82. The van der Waals surface area contributed by atoms with Gasteiger partial charge in [-0.1, -0.05) is 19.1 Å². The maximum Gasteiger partial charge on any atom is 0.407 e. The monoisotopic (exact) mass is 280 g/mol. The van der Waals surface area contributed by atoms with Gasteiger partial charge >= 0.3 is 6.09 Å². The summed E-state index contributed by atoms with van der Waals surface area (Å²) in [6, 6.07) is 6.89. The van der Waals surface area contributed by atoms with Gasteiger partial charge in [0.25, 0.3) is 0 Å². The first-order valence-corrected chi connectivity index (χ1v) is 6.63. The first-order valence-electron chi connectivity index (χ1n) is 6.63. The molecule has 112 valence electrons. The first-order chi connectivity index (χ1) is 9.16. The number of carbonyl (C=O) groups excluding carboxylic acids is 1. The van der Waals surface area contributed by atoms with Crippen molar-refractivity contribution in [2.75, 3.05) is 13.1 Å². The Morgan fingerprint density at radius 3 is 2.50 bits per heavy atom. The summed E-state index contributed by atoms with van der Waals surface area (Å²) in [7, 11) is 0. The lowest BCUT2D eigenvalue weighted by Gasteiger charge is -2.29. The highest BCUT2D eigenvalue weighted by Gasteiger charge is 2.27. The van der Waals surface area contributed by atoms with Crippen LogP contribution in [0.2, 0.25) is 0 Å². The predicted octanol–water partition coefficient (Wildman–Crippen LogP) is 2.13. The molecule has 0 aliphatic rings. The second-order valence-corrected chi connectivity index (χ2v) is 6.17. The molecule has 0 spiro atoms. The molecule has 1 unspecified atom stereocenters. The van der Waals surface area contributed by atoms with Crippen molar-refractivity contribution in [2.45, 2.75) is 38.7 Å². The van der Waals surface area contributed by atoms with Crippen LogP contribution in [0.5, 0.6) is 5.75 Å². The number of carbonyl (C=O) groups is 1. The molecule has 0 radical (unpaired) electrons. The van der Waals surface area contributed by atoms with Crippen molar-refractivity contribution >= 4 is 6.09 Å². The topological polar surface area (TPSA) is 84.6 Å². The van der Waals surface area contributed by atoms with Crippen molar-refractivity contribution in [3.05, 3.63) is 29.8 Å². The number of phenolic OH excluding ortho intramolecular Hbond substituents is 1. The standard InChI is InChI=1S/C15H24N2O3/c1-14(2,3)20-13(19)17-10-15(4,9-16)11-6-5-7-12(18)8-11/h5-8,18H,9-10,16H2,1-4H3,(H,17,19). The summed E-state index contributed by atoms with van der Waals surface area (Å²) in [5.74, 6) is 0.180. The van der Waals surface area contributed by atoms with E-state index in [0.29, 0.717) is 13.1 Å². The SMILES string of the molecule is CC(C)(C)OC(=O)NCC(C)(CN)c1cccc(O)c1. The molecule has 1 aromatic carbocycles. The number of nitrogens with one attached hydrogen (secondary N) is 1. The highest BCUT2D eigenvalue weighted by Crippen LogP contribution is 2.25. The third-order valence-corrected chi connectivity index (χ3v) is 3.02. The van der Waals surface area contributed by atoms with Gasteiger partial charge in [-0.3, -0.25) is 0 Å². The lowest BCUT2D eigenvalue weighted by Crippen LogP contribution is -2.45. The second kappa shape index (κ2) is 6.13. The third-order valence-electron chi connectivity index (χ3n) is 3.02. The molecule has 0 bridgehead atoms. The highest BCUT2D eigenvalue weighted by molar-refractivity contribution is 5.67. The molecule has 0 aliphatic heterocycles. The molecule has 20 heavy (non-hydrogen) atoms. The molecule has 0 aliphatic carbocycles. The summed E-state index contributed by atoms with van der Waals surface area (Å²) in [5.41, 5.74) is 5.70. The zero-order valence-corrected chi connectivity index (χ0v) is 12.6. The number of hydrogen-bond acceptors (Lipinski definition) is 4. The summed E-state index contributed by atoms with van der Waals surface area (Å²) >= 11 is 0. The molecule has 0 fully saturated rings. The number of aromatic hydroxyl groups is 1. The zero-order valence-electron chi connectivity index (χ0n) is 12.6. The first kappa shape index (κ1) is 16.3. The fourth-order valence-electron chi connectivity index (χ4n) is 1.75. The molecule has 0 saturated carbocycles. The van der Waals surface area contributed by atoms with Gasteiger partial charge in [0.2, 0.25) is 0 Å². The summed E-state index contributed by atoms with van der Waals surface area (Å²) < 4.78 is 5.20. The van der Waals surface area contributed by atoms with Gasteiger partial charge < -0.3 is 20.9 Å². The van der Waals surface area contributed by atoms with Crippen LogP contribution >= 0.6 is 0 Å². The predicted molar refractivity (Wildman–Crippen MR) is 78.7 cm³/mol. The van der Waals surface area contributed by atoms with Crippen LogP contribution in [-0.2, 0) is 10.2 Å². The molecule has 5 heteroatoms. The van der Waals surface area contributed by atoms with Crippen LogP contribution in [0.3, 0.4) is 0 Å². The van der Waals surface area contributed by atoms with E-state index in [-0.39, 0.29) is 5.75 Å². The number of amides is 1. The van der Waals surface area contributed by atoms with Crippen LogP contribution in [-0.4, -0.2) is 29.9 Å². The van der Waals surface area contributed by atoms with E-state index in [1.807, 2.05) is 33.8 Å². The number of alkyl carbamates (subject to hydrolysis) is 1. The van der Waals surface area contributed by atoms with E-state index in [2.05, 4.69) is 5.32 Å². The number of benzene rings is 1. The number of ether oxygens (including phenoxy) is 1. The van der Waals surface area contributed by atoms with E-state index in [4.69, 9.17) is 10.5 Å². The molecule has 1 atom stereocenters. The number of phenols is 1. The molecule has 5 nitrogen and oxygen atoms in total. The minimum absolute atomic E-state index is 0.180. The van der Waals surface area contributed by atoms with Gasteiger partial charge in [0.15, 0.2) is 0 Å². The normalized spacial score (nSPS) is 14.4. The van der Waals surface area contributed by atoms with Crippen LogP contribution < -0.4 is 11.1 Å². The van der Waals surface area contributed by atoms with E-state index in [0.717, 1.165) is 5.56 Å². The fraction of sp³-hybridized carbons (Fsp3) is 0.533. The molecule has 1 aromatic rings. The van der Waals surface area contributed by atoms with Gasteiger partial charge in [0, 0.05) is 18.5 Å². The van der Waals surface area contributed by atoms with Crippen molar-refractivity contribution in [3.8, 4) is 5.75 Å². The average Bonchev–Trinajstić information content (AvgIpc) is 2.34. The van der Waals surface area contributed by atoms with E-state index in [1.54, 1.807) is 18.2 Å². The Bertz CT molecular complexity index is 468. The van der Waals surface area contributed by atoms with Crippen LogP contribution in [0.4, 0.5) is 4.79 Å². The van der Waals surface area contributed by atoms with Gasteiger partial charge in [-0.25, -0.2) is 4.79 Å². The minimum atomic E-state index is -0.534. The Kier molecular flexibility index (Phi) is 5.00. The molecular formula is C15H24N2O3. The third kappa shape index (κ3) is 4.74. The summed E-state index contributed by atoms with van der Waals surface area (Å²) in [4.78, 5) is 11.7. The van der Waals surface area contributed by atoms with Crippen molar-refractivity contribution in [3.63, 3.8) is 0 Å². The Morgan fingerprint density at radius 1 is 1.35 bits per heavy atom. The minimum Gasteiger partial charge on any atom is -0.508 e. The fourth-order valence-corrected chi connectivity index (χ4v) is 1.75. The maximum atomic E-state index is 11.7. The van der Waals surface area contributed by atoms with Gasteiger partial charge in [-0.2, -0.15) is 0 Å². The Hall–Kier alpha value is -1.75. The molecule has 0 heterocycles. The zero-order chi connectivity index (χ0) is 15.4. The summed E-state index contributed by atoms with van der Waals surface area (Å²) in [5, 5.41) is 12.3. The smallest absolute Gasteiger partial charge is 0.407 e. The van der Waals surface area contributed by atoms with Crippen molar-refractivity contribution < 1.29 is 14.6 Å². The number of nitrogens with two attached hydrogens (primary N) is 1. The second-order valence-electron chi connectivity index (χ2n) is 6.17. The van der Waals surface area contributed by atoms with E-state index in [1.165, 1.54) is 0 Å². The molecule has 1 amide bonds. The van der Waals surface area contributed by atoms with Crippen LogP contribution in [0.25, 0.3) is 0 Å². The maximum absolute atomic E-state index is 11.7. The van der Waals surface area contributed by atoms with Gasteiger partial charge in [-0.15, -0.1) is 0 Å². The van der Waals surface area contributed by atoms with Crippen LogP contribution in [0.15, 0.2) is 24.3 Å². The van der Waals surface area contributed by atoms with Crippen molar-refractivity contribution in [1.29, 1.82) is 0 Å². The van der Waals surface area contributed by atoms with Gasteiger partial charge in [-0.05, 0) is 38.5 Å². The van der Waals surface area contributed by atoms with E-state index < -0.39 is 17.1 Å². The average molecular weight is 280 g/mol. The summed E-state index contributed by atoms with van der Waals surface area (Å²) in [6.45, 7) is 8.03. The Morgan fingerprint density at radius 2 is 2.00 bits per heavy atom. The number of hydrogen-bond donors (Lipinski definition) is 3. The highest BCUT2D eigenvalue weighted by atomic mass is 16.6. The van der Waals surface area contributed by atoms with Crippen LogP contribution in [0, 0.1) is 0 Å². The molecular weight excluding hydrogens is 256 g/mol. The van der Waals surface area contributed by atoms with Crippen LogP contribution in [0.1, 0.15) is 33.3 Å². The van der Waals surface area contributed by atoms with Gasteiger partial charge in [0.1, 0.15) is 11.4 Å². The van der Waals surface area contributed by atoms with E-state index in [9.17, 15) is 9.90 Å². The Balaban J connectivity index is 2.74. The largest absolute Gasteiger partial charge is 0.508 e. The van der Waals surface area contributed by atoms with E-state index >= 15 is 0 Å². The molecule has 4 N–H and O–H groups in total. The van der Waals surface area contributed by atoms with Gasteiger partial charge in [0.05, 0.1) is 0 Å².